The monoisotopic (exact) mass is 318 g/mol. The first-order valence-corrected chi connectivity index (χ1v) is 7.39. The summed E-state index contributed by atoms with van der Waals surface area (Å²) in [6, 6.07) is 10.5. The molecular formula is C18H20F2N2O. The van der Waals surface area contributed by atoms with Gasteiger partial charge in [-0.05, 0) is 44.7 Å². The molecule has 0 aliphatic heterocycles. The molecule has 1 atom stereocenters. The SMILES string of the molecule is Cc1ccc(NC(=O)C(C)N(C)Cc2ccccc2F)cc1F. The number of rotatable bonds is 5. The molecule has 23 heavy (non-hydrogen) atoms. The van der Waals surface area contributed by atoms with Gasteiger partial charge in [0.1, 0.15) is 11.6 Å². The summed E-state index contributed by atoms with van der Waals surface area (Å²) in [6.45, 7) is 3.69. The van der Waals surface area contributed by atoms with Crippen LogP contribution in [0.15, 0.2) is 42.5 Å². The quantitative estimate of drug-likeness (QED) is 0.911. The van der Waals surface area contributed by atoms with E-state index >= 15 is 0 Å². The third kappa shape index (κ3) is 4.36. The Balaban J connectivity index is 2.01. The number of benzene rings is 2. The number of hydrogen-bond donors (Lipinski definition) is 1. The maximum atomic E-state index is 13.7. The first-order valence-electron chi connectivity index (χ1n) is 7.39. The number of aryl methyl sites for hydroxylation is 1. The van der Waals surface area contributed by atoms with Crippen molar-refractivity contribution in [2.45, 2.75) is 26.4 Å². The van der Waals surface area contributed by atoms with Gasteiger partial charge in [-0.25, -0.2) is 8.78 Å². The highest BCUT2D eigenvalue weighted by molar-refractivity contribution is 5.94. The molecular weight excluding hydrogens is 298 g/mol. The van der Waals surface area contributed by atoms with Crippen molar-refractivity contribution in [2.75, 3.05) is 12.4 Å². The minimum absolute atomic E-state index is 0.271. The summed E-state index contributed by atoms with van der Waals surface area (Å²) < 4.78 is 27.2. The Kier molecular flexibility index (Phi) is 5.45. The lowest BCUT2D eigenvalue weighted by Crippen LogP contribution is -2.39. The van der Waals surface area contributed by atoms with Crippen molar-refractivity contribution in [3.63, 3.8) is 0 Å². The second-order valence-corrected chi connectivity index (χ2v) is 5.64. The van der Waals surface area contributed by atoms with E-state index in [-0.39, 0.29) is 17.5 Å². The largest absolute Gasteiger partial charge is 0.325 e. The molecule has 2 aromatic rings. The van der Waals surface area contributed by atoms with Crippen molar-refractivity contribution in [3.05, 3.63) is 65.2 Å². The molecule has 3 nitrogen and oxygen atoms in total. The summed E-state index contributed by atoms with van der Waals surface area (Å²) in [5.74, 6) is -0.935. The van der Waals surface area contributed by atoms with E-state index in [1.54, 1.807) is 56.1 Å². The zero-order valence-electron chi connectivity index (χ0n) is 13.4. The molecule has 0 aliphatic carbocycles. The zero-order valence-corrected chi connectivity index (χ0v) is 13.4. The average Bonchev–Trinajstić information content (AvgIpc) is 2.52. The third-order valence-corrected chi connectivity index (χ3v) is 3.86. The minimum Gasteiger partial charge on any atom is -0.325 e. The molecule has 0 fully saturated rings. The van der Waals surface area contributed by atoms with Crippen LogP contribution in [-0.4, -0.2) is 23.9 Å². The van der Waals surface area contributed by atoms with Crippen LogP contribution in [-0.2, 0) is 11.3 Å². The molecule has 2 rings (SSSR count). The van der Waals surface area contributed by atoms with Crippen LogP contribution in [0.4, 0.5) is 14.5 Å². The molecule has 0 saturated heterocycles. The number of nitrogens with zero attached hydrogens (tertiary/aromatic N) is 1. The Bertz CT molecular complexity index is 703. The Morgan fingerprint density at radius 2 is 1.87 bits per heavy atom. The predicted octanol–water partition coefficient (Wildman–Crippen LogP) is 3.73. The van der Waals surface area contributed by atoms with Crippen LogP contribution in [0.25, 0.3) is 0 Å². The topological polar surface area (TPSA) is 32.3 Å². The highest BCUT2D eigenvalue weighted by Crippen LogP contribution is 2.15. The summed E-state index contributed by atoms with van der Waals surface area (Å²) in [7, 11) is 1.74. The second kappa shape index (κ2) is 7.33. The summed E-state index contributed by atoms with van der Waals surface area (Å²) in [6.07, 6.45) is 0. The van der Waals surface area contributed by atoms with E-state index in [1.165, 1.54) is 12.1 Å². The van der Waals surface area contributed by atoms with Crippen molar-refractivity contribution in [1.82, 2.24) is 4.90 Å². The number of carbonyl (C=O) groups is 1. The normalized spacial score (nSPS) is 12.3. The van der Waals surface area contributed by atoms with Crippen LogP contribution in [0.3, 0.4) is 0 Å². The highest BCUT2D eigenvalue weighted by Gasteiger charge is 2.19. The van der Waals surface area contributed by atoms with Gasteiger partial charge in [-0.15, -0.1) is 0 Å². The van der Waals surface area contributed by atoms with Gasteiger partial charge in [-0.1, -0.05) is 24.3 Å². The number of hydrogen-bond acceptors (Lipinski definition) is 2. The van der Waals surface area contributed by atoms with Gasteiger partial charge < -0.3 is 5.32 Å². The Hall–Kier alpha value is -2.27. The minimum atomic E-state index is -0.487. The molecule has 2 aromatic carbocycles. The van der Waals surface area contributed by atoms with Crippen molar-refractivity contribution in [2.24, 2.45) is 0 Å². The van der Waals surface area contributed by atoms with Crippen LogP contribution >= 0.6 is 0 Å². The Morgan fingerprint density at radius 1 is 1.17 bits per heavy atom. The number of carbonyl (C=O) groups excluding carboxylic acids is 1. The van der Waals surface area contributed by atoms with Crippen molar-refractivity contribution >= 4 is 11.6 Å². The number of anilines is 1. The van der Waals surface area contributed by atoms with E-state index in [2.05, 4.69) is 5.32 Å². The molecule has 0 radical (unpaired) electrons. The van der Waals surface area contributed by atoms with Crippen molar-refractivity contribution < 1.29 is 13.6 Å². The molecule has 122 valence electrons. The maximum absolute atomic E-state index is 13.7. The fourth-order valence-corrected chi connectivity index (χ4v) is 2.15. The summed E-state index contributed by atoms with van der Waals surface area (Å²) >= 11 is 0. The van der Waals surface area contributed by atoms with Crippen molar-refractivity contribution in [3.8, 4) is 0 Å². The molecule has 5 heteroatoms. The Morgan fingerprint density at radius 3 is 2.52 bits per heavy atom. The fourth-order valence-electron chi connectivity index (χ4n) is 2.15. The standard InChI is InChI=1S/C18H20F2N2O/c1-12-8-9-15(10-17(12)20)21-18(23)13(2)22(3)11-14-6-4-5-7-16(14)19/h4-10,13H,11H2,1-3H3,(H,21,23). The highest BCUT2D eigenvalue weighted by atomic mass is 19.1. The first kappa shape index (κ1) is 17.1. The van der Waals surface area contributed by atoms with Crippen LogP contribution < -0.4 is 5.32 Å². The van der Waals surface area contributed by atoms with Gasteiger partial charge in [0.25, 0.3) is 0 Å². The van der Waals surface area contributed by atoms with E-state index < -0.39 is 6.04 Å². The van der Waals surface area contributed by atoms with Gasteiger partial charge >= 0.3 is 0 Å². The molecule has 0 saturated carbocycles. The molecule has 0 aromatic heterocycles. The lowest BCUT2D eigenvalue weighted by atomic mass is 10.1. The van der Waals surface area contributed by atoms with Gasteiger partial charge in [0.2, 0.25) is 5.91 Å². The smallest absolute Gasteiger partial charge is 0.241 e. The summed E-state index contributed by atoms with van der Waals surface area (Å²) in [5.41, 5.74) is 1.45. The van der Waals surface area contributed by atoms with E-state index in [4.69, 9.17) is 0 Å². The second-order valence-electron chi connectivity index (χ2n) is 5.64. The zero-order chi connectivity index (χ0) is 17.0. The summed E-state index contributed by atoms with van der Waals surface area (Å²) in [5, 5.41) is 2.68. The summed E-state index contributed by atoms with van der Waals surface area (Å²) in [4.78, 5) is 14.0. The van der Waals surface area contributed by atoms with E-state index in [9.17, 15) is 13.6 Å². The van der Waals surface area contributed by atoms with Crippen LogP contribution in [0.2, 0.25) is 0 Å². The van der Waals surface area contributed by atoms with E-state index in [0.29, 0.717) is 23.4 Å². The van der Waals surface area contributed by atoms with Crippen LogP contribution in [0.1, 0.15) is 18.1 Å². The molecule has 0 spiro atoms. The van der Waals surface area contributed by atoms with Gasteiger partial charge in [0.15, 0.2) is 0 Å². The molecule has 0 aliphatic rings. The Labute approximate surface area is 134 Å². The predicted molar refractivity (Wildman–Crippen MR) is 87.1 cm³/mol. The van der Waals surface area contributed by atoms with E-state index in [1.807, 2.05) is 0 Å². The lowest BCUT2D eigenvalue weighted by Gasteiger charge is -2.24. The third-order valence-electron chi connectivity index (χ3n) is 3.86. The lowest BCUT2D eigenvalue weighted by molar-refractivity contribution is -0.120. The van der Waals surface area contributed by atoms with E-state index in [0.717, 1.165) is 0 Å². The van der Waals surface area contributed by atoms with Gasteiger partial charge in [-0.3, -0.25) is 9.69 Å². The first-order chi connectivity index (χ1) is 10.9. The van der Waals surface area contributed by atoms with Crippen LogP contribution in [0, 0.1) is 18.6 Å². The fraction of sp³-hybridized carbons (Fsp3) is 0.278. The molecule has 0 bridgehead atoms. The molecule has 0 heterocycles. The molecule has 1 unspecified atom stereocenters. The number of amides is 1. The van der Waals surface area contributed by atoms with Gasteiger partial charge in [0.05, 0.1) is 6.04 Å². The maximum Gasteiger partial charge on any atom is 0.241 e. The number of nitrogens with one attached hydrogen (secondary N) is 1. The average molecular weight is 318 g/mol. The van der Waals surface area contributed by atoms with Gasteiger partial charge in [-0.2, -0.15) is 0 Å². The number of halogens is 2. The van der Waals surface area contributed by atoms with Crippen LogP contribution in [0.5, 0.6) is 0 Å². The molecule has 1 N–H and O–H groups in total. The number of likely N-dealkylation sites (N-methyl/N-ethyl adjacent to an activating group) is 1. The van der Waals surface area contributed by atoms with Gasteiger partial charge in [0, 0.05) is 17.8 Å². The van der Waals surface area contributed by atoms with Crippen molar-refractivity contribution in [1.29, 1.82) is 0 Å². The molecule has 1 amide bonds.